The summed E-state index contributed by atoms with van der Waals surface area (Å²) in [5, 5.41) is 11.0. The number of halogens is 1. The van der Waals surface area contributed by atoms with Crippen LogP contribution < -0.4 is 0 Å². The van der Waals surface area contributed by atoms with Gasteiger partial charge in [0.2, 0.25) is 0 Å². The molecular weight excluding hydrogens is 442 g/mol. The molecule has 1 heterocycles. The van der Waals surface area contributed by atoms with Crippen LogP contribution in [0.2, 0.25) is 0 Å². The van der Waals surface area contributed by atoms with Crippen LogP contribution in [0.15, 0.2) is 95.0 Å². The molecule has 0 aromatic heterocycles. The molecule has 1 aliphatic heterocycles. The molecule has 3 aromatic carbocycles. The van der Waals surface area contributed by atoms with E-state index in [1.807, 2.05) is 60.7 Å². The highest BCUT2D eigenvalue weighted by atomic mass is 79.9. The summed E-state index contributed by atoms with van der Waals surface area (Å²) in [4.78, 5) is 27.5. The molecule has 30 heavy (non-hydrogen) atoms. The number of benzene rings is 3. The molecule has 4 rings (SSSR count). The number of aliphatic hydroxyl groups is 1. The van der Waals surface area contributed by atoms with Crippen molar-refractivity contribution in [2.45, 2.75) is 12.5 Å². The summed E-state index contributed by atoms with van der Waals surface area (Å²) in [6, 6.07) is 25.5. The fourth-order valence-corrected chi connectivity index (χ4v) is 4.01. The van der Waals surface area contributed by atoms with E-state index in [1.54, 1.807) is 29.2 Å². The van der Waals surface area contributed by atoms with Gasteiger partial charge in [0.05, 0.1) is 11.6 Å². The minimum absolute atomic E-state index is 0.126. The summed E-state index contributed by atoms with van der Waals surface area (Å²) in [5.41, 5.74) is 2.50. The molecule has 1 amide bonds. The Morgan fingerprint density at radius 1 is 0.867 bits per heavy atom. The van der Waals surface area contributed by atoms with Crippen molar-refractivity contribution < 1.29 is 14.7 Å². The lowest BCUT2D eigenvalue weighted by Crippen LogP contribution is -2.31. The van der Waals surface area contributed by atoms with Gasteiger partial charge in [-0.3, -0.25) is 9.59 Å². The number of likely N-dealkylation sites (tertiary alicyclic amines) is 1. The first-order valence-corrected chi connectivity index (χ1v) is 10.5. The molecule has 1 aliphatic rings. The van der Waals surface area contributed by atoms with Crippen molar-refractivity contribution in [1.29, 1.82) is 0 Å². The summed E-state index contributed by atoms with van der Waals surface area (Å²) in [6.45, 7) is 0.376. The number of hydrogen-bond acceptors (Lipinski definition) is 3. The van der Waals surface area contributed by atoms with E-state index in [9.17, 15) is 14.7 Å². The number of hydrogen-bond donors (Lipinski definition) is 1. The Kier molecular flexibility index (Phi) is 5.81. The highest BCUT2D eigenvalue weighted by molar-refractivity contribution is 9.10. The van der Waals surface area contributed by atoms with E-state index in [1.165, 1.54) is 0 Å². The monoisotopic (exact) mass is 461 g/mol. The Morgan fingerprint density at radius 2 is 1.47 bits per heavy atom. The molecule has 150 valence electrons. The zero-order valence-electron chi connectivity index (χ0n) is 16.2. The molecule has 0 radical (unpaired) electrons. The van der Waals surface area contributed by atoms with E-state index >= 15 is 0 Å². The third-order valence-corrected chi connectivity index (χ3v) is 5.79. The maximum Gasteiger partial charge on any atom is 0.295 e. The van der Waals surface area contributed by atoms with Crippen molar-refractivity contribution in [3.63, 3.8) is 0 Å². The number of carbonyl (C=O) groups excluding carboxylic acids is 2. The second kappa shape index (κ2) is 8.67. The maximum absolute atomic E-state index is 13.0. The van der Waals surface area contributed by atoms with Crippen molar-refractivity contribution in [3.05, 3.63) is 112 Å². The number of ketones is 1. The summed E-state index contributed by atoms with van der Waals surface area (Å²) >= 11 is 3.43. The molecule has 5 heteroatoms. The van der Waals surface area contributed by atoms with Crippen LogP contribution in [0.1, 0.15) is 22.7 Å². The standard InChI is InChI=1S/C25H20BrNO3/c26-20-13-11-18(12-14-20)22-21(23(28)19-9-5-2-6-10-19)24(29)25(30)27(22)16-15-17-7-3-1-4-8-17/h1-14,22,28H,15-16H2/b23-21-. The first-order chi connectivity index (χ1) is 14.6. The van der Waals surface area contributed by atoms with Crippen molar-refractivity contribution in [1.82, 2.24) is 4.90 Å². The van der Waals surface area contributed by atoms with Crippen LogP contribution in [0.5, 0.6) is 0 Å². The molecule has 1 fully saturated rings. The fourth-order valence-electron chi connectivity index (χ4n) is 3.75. The lowest BCUT2D eigenvalue weighted by Gasteiger charge is -2.25. The van der Waals surface area contributed by atoms with Crippen LogP contribution in [0.3, 0.4) is 0 Å². The normalized spacial score (nSPS) is 18.0. The largest absolute Gasteiger partial charge is 0.507 e. The molecule has 1 N–H and O–H groups in total. The van der Waals surface area contributed by atoms with Crippen LogP contribution in [0, 0.1) is 0 Å². The molecule has 3 aromatic rings. The SMILES string of the molecule is O=C1C(=O)N(CCc2ccccc2)C(c2ccc(Br)cc2)/C1=C(/O)c1ccccc1. The summed E-state index contributed by atoms with van der Waals surface area (Å²) in [5.74, 6) is -1.39. The van der Waals surface area contributed by atoms with Crippen LogP contribution in [-0.2, 0) is 16.0 Å². The third kappa shape index (κ3) is 3.94. The van der Waals surface area contributed by atoms with E-state index in [0.717, 1.165) is 15.6 Å². The van der Waals surface area contributed by atoms with E-state index in [-0.39, 0.29) is 11.3 Å². The molecule has 1 unspecified atom stereocenters. The lowest BCUT2D eigenvalue weighted by atomic mass is 9.95. The van der Waals surface area contributed by atoms with Crippen molar-refractivity contribution >= 4 is 33.4 Å². The second-order valence-corrected chi connectivity index (χ2v) is 8.06. The van der Waals surface area contributed by atoms with Gasteiger partial charge in [0, 0.05) is 16.6 Å². The lowest BCUT2D eigenvalue weighted by molar-refractivity contribution is -0.139. The van der Waals surface area contributed by atoms with Crippen LogP contribution >= 0.6 is 15.9 Å². The van der Waals surface area contributed by atoms with Gasteiger partial charge < -0.3 is 10.0 Å². The van der Waals surface area contributed by atoms with Gasteiger partial charge in [0.1, 0.15) is 5.76 Å². The molecule has 0 spiro atoms. The zero-order valence-corrected chi connectivity index (χ0v) is 17.7. The average Bonchev–Trinajstić information content (AvgIpc) is 3.04. The molecule has 0 aliphatic carbocycles. The Morgan fingerprint density at radius 3 is 2.10 bits per heavy atom. The van der Waals surface area contributed by atoms with Crippen LogP contribution in [0.25, 0.3) is 5.76 Å². The smallest absolute Gasteiger partial charge is 0.295 e. The summed E-state index contributed by atoms with van der Waals surface area (Å²) < 4.78 is 0.899. The number of rotatable bonds is 5. The topological polar surface area (TPSA) is 57.6 Å². The number of aliphatic hydroxyl groups excluding tert-OH is 1. The second-order valence-electron chi connectivity index (χ2n) is 7.15. The molecule has 1 saturated heterocycles. The van der Waals surface area contributed by atoms with E-state index < -0.39 is 17.7 Å². The number of nitrogens with zero attached hydrogens (tertiary/aromatic N) is 1. The molecule has 4 nitrogen and oxygen atoms in total. The van der Waals surface area contributed by atoms with Gasteiger partial charge in [-0.25, -0.2) is 0 Å². The van der Waals surface area contributed by atoms with Gasteiger partial charge in [0.25, 0.3) is 11.7 Å². The number of Topliss-reactive ketones (excluding diaryl/α,β-unsaturated/α-hetero) is 1. The highest BCUT2D eigenvalue weighted by Crippen LogP contribution is 2.39. The average molecular weight is 462 g/mol. The van der Waals surface area contributed by atoms with E-state index in [0.29, 0.717) is 18.5 Å². The molecule has 1 atom stereocenters. The Balaban J connectivity index is 1.78. The summed E-state index contributed by atoms with van der Waals surface area (Å²) in [6.07, 6.45) is 0.617. The van der Waals surface area contributed by atoms with Gasteiger partial charge >= 0.3 is 0 Å². The molecule has 0 bridgehead atoms. The fraction of sp³-hybridized carbons (Fsp3) is 0.120. The van der Waals surface area contributed by atoms with Crippen molar-refractivity contribution in [2.75, 3.05) is 6.54 Å². The Labute approximate surface area is 183 Å². The van der Waals surface area contributed by atoms with Gasteiger partial charge in [-0.2, -0.15) is 0 Å². The maximum atomic E-state index is 13.0. The predicted octanol–water partition coefficient (Wildman–Crippen LogP) is 5.11. The Hall–Kier alpha value is -3.18. The minimum Gasteiger partial charge on any atom is -0.507 e. The van der Waals surface area contributed by atoms with E-state index in [2.05, 4.69) is 15.9 Å². The highest BCUT2D eigenvalue weighted by Gasteiger charge is 2.45. The summed E-state index contributed by atoms with van der Waals surface area (Å²) in [7, 11) is 0. The minimum atomic E-state index is -0.655. The van der Waals surface area contributed by atoms with Gasteiger partial charge in [-0.05, 0) is 29.7 Å². The number of carbonyl (C=O) groups is 2. The third-order valence-electron chi connectivity index (χ3n) is 5.26. The quantitative estimate of drug-likeness (QED) is 0.326. The van der Waals surface area contributed by atoms with Crippen molar-refractivity contribution in [2.24, 2.45) is 0 Å². The predicted molar refractivity (Wildman–Crippen MR) is 120 cm³/mol. The van der Waals surface area contributed by atoms with Crippen molar-refractivity contribution in [3.8, 4) is 0 Å². The molecule has 0 saturated carbocycles. The molecular formula is C25H20BrNO3. The van der Waals surface area contributed by atoms with E-state index in [4.69, 9.17) is 0 Å². The first kappa shape index (κ1) is 20.1. The van der Waals surface area contributed by atoms with Gasteiger partial charge in [-0.1, -0.05) is 88.7 Å². The van der Waals surface area contributed by atoms with Crippen LogP contribution in [0.4, 0.5) is 0 Å². The first-order valence-electron chi connectivity index (χ1n) is 9.69. The Bertz CT molecular complexity index is 1090. The van der Waals surface area contributed by atoms with Gasteiger partial charge in [-0.15, -0.1) is 0 Å². The zero-order chi connectivity index (χ0) is 21.1. The van der Waals surface area contributed by atoms with Gasteiger partial charge in [0.15, 0.2) is 0 Å². The number of amides is 1. The van der Waals surface area contributed by atoms with Crippen LogP contribution in [-0.4, -0.2) is 28.2 Å².